The van der Waals surface area contributed by atoms with Gasteiger partial charge in [-0.3, -0.25) is 0 Å². The van der Waals surface area contributed by atoms with E-state index >= 15 is 0 Å². The summed E-state index contributed by atoms with van der Waals surface area (Å²) in [6.07, 6.45) is 5.82. The lowest BCUT2D eigenvalue weighted by atomic mass is 9.88. The molecule has 0 bridgehead atoms. The van der Waals surface area contributed by atoms with E-state index in [9.17, 15) is 0 Å². The topological polar surface area (TPSA) is 98.2 Å². The molecule has 32 heavy (non-hydrogen) atoms. The van der Waals surface area contributed by atoms with Gasteiger partial charge >= 0.3 is 0 Å². The van der Waals surface area contributed by atoms with Crippen LogP contribution in [0.25, 0.3) is 11.9 Å². The number of nitrogens with one attached hydrogen (secondary N) is 2. The van der Waals surface area contributed by atoms with Crippen molar-refractivity contribution in [2.45, 2.75) is 63.1 Å². The normalized spacial score (nSPS) is 14.7. The molecule has 0 aliphatic carbocycles. The Balaban J connectivity index is 1.54. The van der Waals surface area contributed by atoms with Gasteiger partial charge in [-0.1, -0.05) is 32.5 Å². The van der Waals surface area contributed by atoms with Gasteiger partial charge in [0.25, 0.3) is 0 Å². The summed E-state index contributed by atoms with van der Waals surface area (Å²) < 4.78 is 14.4. The van der Waals surface area contributed by atoms with E-state index in [1.54, 1.807) is 11.8 Å². The number of benzene rings is 1. The quantitative estimate of drug-likeness (QED) is 0.257. The van der Waals surface area contributed by atoms with Gasteiger partial charge < -0.3 is 30.5 Å². The fourth-order valence-electron chi connectivity index (χ4n) is 3.90. The summed E-state index contributed by atoms with van der Waals surface area (Å²) in [5, 5.41) is 14.3. The summed E-state index contributed by atoms with van der Waals surface area (Å²) in [6, 6.07) is 4.03. The monoisotopic (exact) mass is 567 g/mol. The fourth-order valence-corrected chi connectivity index (χ4v) is 5.62. The first-order chi connectivity index (χ1) is 15.2. The average molecular weight is 567 g/mol. The van der Waals surface area contributed by atoms with Crippen LogP contribution in [-0.2, 0) is 6.54 Å². The van der Waals surface area contributed by atoms with Crippen molar-refractivity contribution < 1.29 is 9.47 Å². The van der Waals surface area contributed by atoms with Gasteiger partial charge in [0, 0.05) is 27.3 Å². The molecular formula is C23H30IN5O2S. The van der Waals surface area contributed by atoms with Crippen LogP contribution in [0.4, 0.5) is 0 Å². The van der Waals surface area contributed by atoms with Crippen molar-refractivity contribution in [3.05, 3.63) is 26.4 Å². The molecule has 0 radical (unpaired) electrons. The largest absolute Gasteiger partial charge is 0.454 e. The molecule has 1 aromatic heterocycles. The van der Waals surface area contributed by atoms with Crippen molar-refractivity contribution in [2.75, 3.05) is 13.3 Å². The Hall–Kier alpha value is -1.88. The SMILES string of the molecule is CC(C)(C)CC(=N)CCCCn1c(Sc2cc3c(cc2I)OCO3)nc2c1=CCNC=2N. The summed E-state index contributed by atoms with van der Waals surface area (Å²) in [5.41, 5.74) is 7.22. The van der Waals surface area contributed by atoms with E-state index in [0.717, 1.165) is 73.8 Å². The molecule has 4 rings (SSSR count). The molecule has 3 heterocycles. The van der Waals surface area contributed by atoms with Crippen molar-refractivity contribution in [3.63, 3.8) is 0 Å². The van der Waals surface area contributed by atoms with Crippen LogP contribution in [0.2, 0.25) is 0 Å². The van der Waals surface area contributed by atoms with Crippen LogP contribution in [0.3, 0.4) is 0 Å². The molecule has 0 unspecified atom stereocenters. The maximum absolute atomic E-state index is 8.27. The molecule has 0 amide bonds. The number of nitrogens with two attached hydrogens (primary N) is 1. The number of fused-ring (bicyclic) bond motifs is 2. The highest BCUT2D eigenvalue weighted by atomic mass is 127. The van der Waals surface area contributed by atoms with E-state index in [-0.39, 0.29) is 12.2 Å². The Bertz CT molecular complexity index is 1150. The Morgan fingerprint density at radius 3 is 2.78 bits per heavy atom. The van der Waals surface area contributed by atoms with Crippen LogP contribution in [-0.4, -0.2) is 28.6 Å². The third kappa shape index (κ3) is 5.36. The van der Waals surface area contributed by atoms with Crippen LogP contribution in [0.1, 0.15) is 46.5 Å². The van der Waals surface area contributed by atoms with Gasteiger partial charge in [-0.25, -0.2) is 4.98 Å². The molecule has 0 saturated heterocycles. The lowest BCUT2D eigenvalue weighted by molar-refractivity contribution is 0.174. The van der Waals surface area contributed by atoms with Gasteiger partial charge in [0.2, 0.25) is 6.79 Å². The third-order valence-corrected chi connectivity index (χ3v) is 7.61. The van der Waals surface area contributed by atoms with E-state index in [2.05, 4.69) is 59.3 Å². The molecule has 1 aromatic carbocycles. The summed E-state index contributed by atoms with van der Waals surface area (Å²) in [6.45, 7) is 8.37. The molecule has 0 spiro atoms. The predicted octanol–water partition coefficient (Wildman–Crippen LogP) is 3.40. The van der Waals surface area contributed by atoms with E-state index in [0.29, 0.717) is 12.4 Å². The predicted molar refractivity (Wildman–Crippen MR) is 137 cm³/mol. The van der Waals surface area contributed by atoms with E-state index in [4.69, 9.17) is 25.6 Å². The van der Waals surface area contributed by atoms with Crippen molar-refractivity contribution in [1.82, 2.24) is 14.9 Å². The Labute approximate surface area is 206 Å². The first kappa shape index (κ1) is 23.3. The molecule has 0 fully saturated rings. The molecule has 172 valence electrons. The molecule has 0 atom stereocenters. The van der Waals surface area contributed by atoms with Gasteiger partial charge in [0.1, 0.15) is 11.2 Å². The summed E-state index contributed by atoms with van der Waals surface area (Å²) in [7, 11) is 0. The second-order valence-electron chi connectivity index (χ2n) is 9.31. The minimum atomic E-state index is 0.168. The lowest BCUT2D eigenvalue weighted by Gasteiger charge is -2.18. The van der Waals surface area contributed by atoms with E-state index in [1.807, 2.05) is 12.1 Å². The zero-order valence-corrected chi connectivity index (χ0v) is 21.7. The molecule has 4 N–H and O–H groups in total. The average Bonchev–Trinajstić information content (AvgIpc) is 3.29. The van der Waals surface area contributed by atoms with Gasteiger partial charge in [0.05, 0.1) is 5.35 Å². The van der Waals surface area contributed by atoms with E-state index < -0.39 is 0 Å². The van der Waals surface area contributed by atoms with Crippen LogP contribution >= 0.6 is 34.4 Å². The minimum Gasteiger partial charge on any atom is -0.454 e. The van der Waals surface area contributed by atoms with Gasteiger partial charge in [-0.2, -0.15) is 0 Å². The highest BCUT2D eigenvalue weighted by Crippen LogP contribution is 2.40. The second kappa shape index (κ2) is 9.54. The molecule has 2 aromatic rings. The number of halogens is 1. The highest BCUT2D eigenvalue weighted by Gasteiger charge is 2.20. The van der Waals surface area contributed by atoms with Crippen LogP contribution < -0.4 is 31.2 Å². The van der Waals surface area contributed by atoms with Gasteiger partial charge in [-0.15, -0.1) is 0 Å². The van der Waals surface area contributed by atoms with Crippen molar-refractivity contribution in [1.29, 1.82) is 5.41 Å². The number of unbranched alkanes of at least 4 members (excludes halogenated alkanes) is 1. The van der Waals surface area contributed by atoms with E-state index in [1.165, 1.54) is 0 Å². The lowest BCUT2D eigenvalue weighted by Crippen LogP contribution is -2.43. The standard InChI is InChI=1S/C23H30IN5O2S/c1-23(2,3)12-14(25)6-4-5-9-29-16-7-8-27-21(26)20(16)28-22(29)32-19-11-18-17(10-15(19)24)30-13-31-18/h7,10-11,25,27H,4-6,8-9,12-13,26H2,1-3H3. The summed E-state index contributed by atoms with van der Waals surface area (Å²) in [5.74, 6) is 2.18. The number of rotatable bonds is 8. The van der Waals surface area contributed by atoms with Gasteiger partial charge in [-0.05, 0) is 71.9 Å². The molecular weight excluding hydrogens is 537 g/mol. The number of hydrogen-bond acceptors (Lipinski definition) is 7. The first-order valence-corrected chi connectivity index (χ1v) is 12.7. The number of hydrogen-bond donors (Lipinski definition) is 3. The Morgan fingerprint density at radius 2 is 2.03 bits per heavy atom. The summed E-state index contributed by atoms with van der Waals surface area (Å²) in [4.78, 5) is 5.96. The number of imidazole rings is 1. The molecule has 7 nitrogen and oxygen atoms in total. The smallest absolute Gasteiger partial charge is 0.231 e. The van der Waals surface area contributed by atoms with Crippen LogP contribution in [0, 0.1) is 14.4 Å². The minimum absolute atomic E-state index is 0.168. The maximum atomic E-state index is 8.27. The molecule has 2 aliphatic rings. The number of aromatic nitrogens is 2. The zero-order chi connectivity index (χ0) is 22.9. The fraction of sp³-hybridized carbons (Fsp3) is 0.478. The third-order valence-electron chi connectivity index (χ3n) is 5.30. The second-order valence-corrected chi connectivity index (χ2v) is 11.5. The first-order valence-electron chi connectivity index (χ1n) is 10.8. The Morgan fingerprint density at radius 1 is 1.28 bits per heavy atom. The molecule has 9 heteroatoms. The number of nitrogens with zero attached hydrogens (tertiary/aromatic N) is 2. The molecule has 2 aliphatic heterocycles. The molecule has 0 saturated carbocycles. The van der Waals surface area contributed by atoms with Crippen molar-refractivity contribution >= 4 is 52.0 Å². The number of ether oxygens (including phenoxy) is 2. The zero-order valence-electron chi connectivity index (χ0n) is 18.8. The van der Waals surface area contributed by atoms with Gasteiger partial charge in [0.15, 0.2) is 16.7 Å². The maximum Gasteiger partial charge on any atom is 0.231 e. The van der Waals surface area contributed by atoms with Crippen molar-refractivity contribution in [2.24, 2.45) is 11.1 Å². The van der Waals surface area contributed by atoms with Crippen molar-refractivity contribution in [3.8, 4) is 11.5 Å². The van der Waals surface area contributed by atoms with Crippen LogP contribution in [0.5, 0.6) is 11.5 Å². The highest BCUT2D eigenvalue weighted by molar-refractivity contribution is 14.1. The van der Waals surface area contributed by atoms with Crippen LogP contribution in [0.15, 0.2) is 22.2 Å². The summed E-state index contributed by atoms with van der Waals surface area (Å²) >= 11 is 3.95. The Kier molecular flexibility index (Phi) is 6.94.